The Bertz CT molecular complexity index is 409. The standard InChI is InChI=1S/C14H20ClFN2/c1-2-7-18-8-3-4-13(17)14(18)10-5-6-12(16)11(15)9-10/h5-6,9,13-14H,2-4,7-8,17H2,1H3. The van der Waals surface area contributed by atoms with Crippen LogP contribution >= 0.6 is 11.6 Å². The molecule has 1 aliphatic rings. The summed E-state index contributed by atoms with van der Waals surface area (Å²) in [6, 6.07) is 5.22. The van der Waals surface area contributed by atoms with E-state index in [-0.39, 0.29) is 22.9 Å². The van der Waals surface area contributed by atoms with Gasteiger partial charge in [-0.05, 0) is 50.0 Å². The third-order valence-corrected chi connectivity index (χ3v) is 3.87. The minimum absolute atomic E-state index is 0.104. The molecule has 1 aromatic rings. The first kappa shape index (κ1) is 13.8. The fourth-order valence-electron chi connectivity index (χ4n) is 2.79. The lowest BCUT2D eigenvalue weighted by molar-refractivity contribution is 0.128. The van der Waals surface area contributed by atoms with Gasteiger partial charge in [0.05, 0.1) is 5.02 Å². The molecular weight excluding hydrogens is 251 g/mol. The van der Waals surface area contributed by atoms with Gasteiger partial charge in [-0.1, -0.05) is 24.6 Å². The van der Waals surface area contributed by atoms with Crippen molar-refractivity contribution in [3.05, 3.63) is 34.6 Å². The molecule has 2 N–H and O–H groups in total. The van der Waals surface area contributed by atoms with Gasteiger partial charge in [0.15, 0.2) is 0 Å². The second-order valence-corrected chi connectivity index (χ2v) is 5.37. The van der Waals surface area contributed by atoms with E-state index in [0.717, 1.165) is 37.9 Å². The average Bonchev–Trinajstić information content (AvgIpc) is 2.34. The lowest BCUT2D eigenvalue weighted by Crippen LogP contribution is -2.46. The number of benzene rings is 1. The van der Waals surface area contributed by atoms with Crippen molar-refractivity contribution in [3.63, 3.8) is 0 Å². The summed E-state index contributed by atoms with van der Waals surface area (Å²) < 4.78 is 13.2. The molecule has 0 amide bonds. The fraction of sp³-hybridized carbons (Fsp3) is 0.571. The van der Waals surface area contributed by atoms with Crippen molar-refractivity contribution in [2.75, 3.05) is 13.1 Å². The van der Waals surface area contributed by atoms with Crippen LogP contribution in [0.4, 0.5) is 4.39 Å². The Morgan fingerprint density at radius 1 is 1.50 bits per heavy atom. The highest BCUT2D eigenvalue weighted by Gasteiger charge is 2.29. The zero-order chi connectivity index (χ0) is 13.1. The van der Waals surface area contributed by atoms with Crippen LogP contribution in [0.1, 0.15) is 37.8 Å². The molecule has 0 radical (unpaired) electrons. The zero-order valence-corrected chi connectivity index (χ0v) is 11.5. The Balaban J connectivity index is 2.28. The van der Waals surface area contributed by atoms with Gasteiger partial charge in [-0.15, -0.1) is 0 Å². The summed E-state index contributed by atoms with van der Waals surface area (Å²) >= 11 is 5.87. The van der Waals surface area contributed by atoms with Gasteiger partial charge in [0.25, 0.3) is 0 Å². The smallest absolute Gasteiger partial charge is 0.141 e. The van der Waals surface area contributed by atoms with Gasteiger partial charge in [0.1, 0.15) is 5.82 Å². The molecule has 0 bridgehead atoms. The van der Waals surface area contributed by atoms with Crippen LogP contribution in [0.5, 0.6) is 0 Å². The van der Waals surface area contributed by atoms with Crippen molar-refractivity contribution in [2.24, 2.45) is 5.73 Å². The third kappa shape index (κ3) is 2.85. The van der Waals surface area contributed by atoms with Crippen LogP contribution in [0.3, 0.4) is 0 Å². The van der Waals surface area contributed by atoms with Gasteiger partial charge in [-0.3, -0.25) is 4.90 Å². The van der Waals surface area contributed by atoms with Gasteiger partial charge in [-0.2, -0.15) is 0 Å². The molecule has 1 heterocycles. The van der Waals surface area contributed by atoms with Gasteiger partial charge in [0.2, 0.25) is 0 Å². The van der Waals surface area contributed by atoms with Crippen molar-refractivity contribution in [1.82, 2.24) is 4.90 Å². The summed E-state index contributed by atoms with van der Waals surface area (Å²) in [5, 5.41) is 0.182. The molecule has 2 rings (SSSR count). The summed E-state index contributed by atoms with van der Waals surface area (Å²) in [4.78, 5) is 2.39. The quantitative estimate of drug-likeness (QED) is 0.913. The Morgan fingerprint density at radius 2 is 2.28 bits per heavy atom. The van der Waals surface area contributed by atoms with E-state index in [1.165, 1.54) is 6.07 Å². The minimum Gasteiger partial charge on any atom is -0.326 e. The van der Waals surface area contributed by atoms with Gasteiger partial charge < -0.3 is 5.73 Å². The number of nitrogens with zero attached hydrogens (tertiary/aromatic N) is 1. The maximum atomic E-state index is 13.2. The van der Waals surface area contributed by atoms with E-state index < -0.39 is 0 Å². The second-order valence-electron chi connectivity index (χ2n) is 4.96. The van der Waals surface area contributed by atoms with Crippen LogP contribution in [0.2, 0.25) is 5.02 Å². The van der Waals surface area contributed by atoms with Crippen LogP contribution in [-0.4, -0.2) is 24.0 Å². The van der Waals surface area contributed by atoms with Crippen LogP contribution in [0.15, 0.2) is 18.2 Å². The molecule has 1 fully saturated rings. The average molecular weight is 271 g/mol. The van der Waals surface area contributed by atoms with E-state index >= 15 is 0 Å². The number of hydrogen-bond acceptors (Lipinski definition) is 2. The lowest BCUT2D eigenvalue weighted by atomic mass is 9.91. The number of rotatable bonds is 3. The molecule has 1 aliphatic heterocycles. The first-order chi connectivity index (χ1) is 8.63. The Kier molecular flexibility index (Phi) is 4.60. The Labute approximate surface area is 113 Å². The van der Waals surface area contributed by atoms with Crippen molar-refractivity contribution >= 4 is 11.6 Å². The Morgan fingerprint density at radius 3 is 2.94 bits per heavy atom. The van der Waals surface area contributed by atoms with Gasteiger partial charge in [0, 0.05) is 12.1 Å². The number of likely N-dealkylation sites (tertiary alicyclic amines) is 1. The third-order valence-electron chi connectivity index (χ3n) is 3.58. The molecule has 4 heteroatoms. The summed E-state index contributed by atoms with van der Waals surface area (Å²) in [5.74, 6) is -0.369. The summed E-state index contributed by atoms with van der Waals surface area (Å²) in [6.07, 6.45) is 3.24. The maximum absolute atomic E-state index is 13.2. The topological polar surface area (TPSA) is 29.3 Å². The second kappa shape index (κ2) is 6.00. The molecule has 0 aliphatic carbocycles. The monoisotopic (exact) mass is 270 g/mol. The predicted molar refractivity (Wildman–Crippen MR) is 73.2 cm³/mol. The molecular formula is C14H20ClFN2. The molecule has 0 saturated carbocycles. The van der Waals surface area contributed by atoms with Crippen LogP contribution in [0.25, 0.3) is 0 Å². The van der Waals surface area contributed by atoms with E-state index in [1.807, 2.05) is 0 Å². The van der Waals surface area contributed by atoms with Crippen LogP contribution < -0.4 is 5.73 Å². The SMILES string of the molecule is CCCN1CCCC(N)C1c1ccc(F)c(Cl)c1. The first-order valence-electron chi connectivity index (χ1n) is 6.58. The van der Waals surface area contributed by atoms with E-state index in [1.54, 1.807) is 12.1 Å². The predicted octanol–water partition coefficient (Wildman–Crippen LogP) is 3.35. The molecule has 2 atom stereocenters. The molecule has 100 valence electrons. The highest BCUT2D eigenvalue weighted by molar-refractivity contribution is 6.30. The number of halogens is 2. The van der Waals surface area contributed by atoms with Crippen molar-refractivity contribution in [3.8, 4) is 0 Å². The lowest BCUT2D eigenvalue weighted by Gasteiger charge is -2.40. The first-order valence-corrected chi connectivity index (χ1v) is 6.96. The molecule has 0 spiro atoms. The molecule has 1 saturated heterocycles. The zero-order valence-electron chi connectivity index (χ0n) is 10.7. The number of hydrogen-bond donors (Lipinski definition) is 1. The molecule has 2 nitrogen and oxygen atoms in total. The van der Waals surface area contributed by atoms with Crippen LogP contribution in [0, 0.1) is 5.82 Å². The largest absolute Gasteiger partial charge is 0.326 e. The molecule has 2 unspecified atom stereocenters. The highest BCUT2D eigenvalue weighted by atomic mass is 35.5. The minimum atomic E-state index is -0.369. The van der Waals surface area contributed by atoms with Crippen molar-refractivity contribution < 1.29 is 4.39 Å². The molecule has 1 aromatic carbocycles. The van der Waals surface area contributed by atoms with E-state index in [0.29, 0.717) is 0 Å². The number of nitrogens with two attached hydrogens (primary N) is 1. The number of piperidine rings is 1. The molecule has 18 heavy (non-hydrogen) atoms. The van der Waals surface area contributed by atoms with Gasteiger partial charge in [-0.25, -0.2) is 4.39 Å². The summed E-state index contributed by atoms with van der Waals surface area (Å²) in [6.45, 7) is 4.24. The van der Waals surface area contributed by atoms with E-state index in [4.69, 9.17) is 17.3 Å². The van der Waals surface area contributed by atoms with E-state index in [9.17, 15) is 4.39 Å². The fourth-order valence-corrected chi connectivity index (χ4v) is 2.98. The maximum Gasteiger partial charge on any atom is 0.141 e. The summed E-state index contributed by atoms with van der Waals surface area (Å²) in [5.41, 5.74) is 7.27. The van der Waals surface area contributed by atoms with Crippen molar-refractivity contribution in [1.29, 1.82) is 0 Å². The highest BCUT2D eigenvalue weighted by Crippen LogP contribution is 2.32. The molecule has 0 aromatic heterocycles. The van der Waals surface area contributed by atoms with Crippen molar-refractivity contribution in [2.45, 2.75) is 38.3 Å². The van der Waals surface area contributed by atoms with Gasteiger partial charge >= 0.3 is 0 Å². The van der Waals surface area contributed by atoms with E-state index in [2.05, 4.69) is 11.8 Å². The van der Waals surface area contributed by atoms with Crippen LogP contribution in [-0.2, 0) is 0 Å². The Hall–Kier alpha value is -0.640. The summed E-state index contributed by atoms with van der Waals surface area (Å²) in [7, 11) is 0. The normalized spacial score (nSPS) is 25.3.